The standard InChI is InChI=1S/C32H29F4NO2/c1-19-14-24(34)8-11-25(19)27-5-2-4-21-16-23(32(38)39)7-9-26(21)29(27)28-10-6-22(30(35)31(28)36)15-20-17-37(18-20)13-3-12-33/h6-11,14-16H,2-5,12-13,17-18H2,1H3,(H,38,39). The van der Waals surface area contributed by atoms with E-state index in [0.29, 0.717) is 62.0 Å². The number of carbonyl (C=O) groups is 1. The van der Waals surface area contributed by atoms with E-state index < -0.39 is 17.6 Å². The van der Waals surface area contributed by atoms with Crippen molar-refractivity contribution < 1.29 is 27.5 Å². The van der Waals surface area contributed by atoms with Gasteiger partial charge in [-0.15, -0.1) is 0 Å². The lowest BCUT2D eigenvalue weighted by Gasteiger charge is -2.33. The average molecular weight is 536 g/mol. The molecule has 1 heterocycles. The number of alkyl halides is 1. The van der Waals surface area contributed by atoms with E-state index >= 15 is 8.78 Å². The van der Waals surface area contributed by atoms with Crippen molar-refractivity contribution in [1.29, 1.82) is 0 Å². The lowest BCUT2D eigenvalue weighted by molar-refractivity contribution is 0.0696. The van der Waals surface area contributed by atoms with E-state index in [1.807, 2.05) is 4.90 Å². The highest BCUT2D eigenvalue weighted by Gasteiger charge is 2.27. The molecule has 5 rings (SSSR count). The Morgan fingerprint density at radius 2 is 1.69 bits per heavy atom. The molecule has 1 aliphatic carbocycles. The summed E-state index contributed by atoms with van der Waals surface area (Å²) in [5.41, 5.74) is 5.37. The maximum absolute atomic E-state index is 15.9. The first-order valence-corrected chi connectivity index (χ1v) is 13.1. The van der Waals surface area contributed by atoms with Crippen molar-refractivity contribution in [3.8, 4) is 0 Å². The molecule has 7 heteroatoms. The molecule has 3 nitrogen and oxygen atoms in total. The number of aromatic carboxylic acids is 1. The van der Waals surface area contributed by atoms with Crippen LogP contribution >= 0.6 is 0 Å². The second-order valence-electron chi connectivity index (χ2n) is 10.2. The molecule has 3 aromatic rings. The van der Waals surface area contributed by atoms with Gasteiger partial charge in [0.2, 0.25) is 0 Å². The third-order valence-corrected chi connectivity index (χ3v) is 7.51. The molecule has 202 valence electrons. The first-order valence-electron chi connectivity index (χ1n) is 13.1. The third-order valence-electron chi connectivity index (χ3n) is 7.51. The molecular weight excluding hydrogens is 506 g/mol. The molecule has 0 aromatic heterocycles. The van der Waals surface area contributed by atoms with E-state index in [1.54, 1.807) is 43.3 Å². The monoisotopic (exact) mass is 535 g/mol. The number of carboxylic acids is 1. The smallest absolute Gasteiger partial charge is 0.335 e. The van der Waals surface area contributed by atoms with Gasteiger partial charge in [-0.05, 0) is 95.8 Å². The van der Waals surface area contributed by atoms with Crippen LogP contribution in [0.3, 0.4) is 0 Å². The number of allylic oxidation sites excluding steroid dienone is 1. The van der Waals surface area contributed by atoms with E-state index in [4.69, 9.17) is 0 Å². The predicted molar refractivity (Wildman–Crippen MR) is 145 cm³/mol. The number of nitrogens with zero attached hydrogens (tertiary/aromatic N) is 1. The van der Waals surface area contributed by atoms with Gasteiger partial charge in [0.05, 0.1) is 12.2 Å². The minimum absolute atomic E-state index is 0.0813. The summed E-state index contributed by atoms with van der Waals surface area (Å²) in [6.45, 7) is 3.23. The van der Waals surface area contributed by atoms with E-state index in [0.717, 1.165) is 22.3 Å². The van der Waals surface area contributed by atoms with Crippen LogP contribution in [-0.2, 0) is 6.42 Å². The van der Waals surface area contributed by atoms with Gasteiger partial charge in [-0.3, -0.25) is 9.29 Å². The fourth-order valence-corrected chi connectivity index (χ4v) is 5.61. The van der Waals surface area contributed by atoms with Crippen LogP contribution in [-0.4, -0.2) is 42.3 Å². The molecule has 1 saturated heterocycles. The van der Waals surface area contributed by atoms with E-state index in [1.165, 1.54) is 18.2 Å². The Bertz CT molecular complexity index is 1500. The largest absolute Gasteiger partial charge is 0.478 e. The quantitative estimate of drug-likeness (QED) is 0.319. The number of benzene rings is 3. The lowest BCUT2D eigenvalue weighted by atomic mass is 9.85. The highest BCUT2D eigenvalue weighted by atomic mass is 19.2. The first-order chi connectivity index (χ1) is 18.8. The van der Waals surface area contributed by atoms with Crippen LogP contribution in [0.5, 0.6) is 0 Å². The van der Waals surface area contributed by atoms with Crippen LogP contribution in [0.2, 0.25) is 0 Å². The van der Waals surface area contributed by atoms with Gasteiger partial charge < -0.3 is 5.11 Å². The molecule has 3 aromatic carbocycles. The number of fused-ring (bicyclic) bond motifs is 1. The second kappa shape index (κ2) is 11.2. The fourth-order valence-electron chi connectivity index (χ4n) is 5.61. The predicted octanol–water partition coefficient (Wildman–Crippen LogP) is 7.46. The van der Waals surface area contributed by atoms with Gasteiger partial charge >= 0.3 is 5.97 Å². The maximum atomic E-state index is 15.9. The van der Waals surface area contributed by atoms with Crippen molar-refractivity contribution in [3.63, 3.8) is 0 Å². The van der Waals surface area contributed by atoms with E-state index in [-0.39, 0.29) is 29.2 Å². The van der Waals surface area contributed by atoms with Crippen molar-refractivity contribution >= 4 is 23.2 Å². The second-order valence-corrected chi connectivity index (χ2v) is 10.2. The van der Waals surface area contributed by atoms with E-state index in [2.05, 4.69) is 0 Å². The van der Waals surface area contributed by atoms with Gasteiger partial charge in [-0.1, -0.05) is 30.3 Å². The van der Waals surface area contributed by atoms with Gasteiger partial charge in [0.1, 0.15) is 5.82 Å². The topological polar surface area (TPSA) is 40.5 Å². The fraction of sp³-hybridized carbons (Fsp3) is 0.281. The zero-order valence-electron chi connectivity index (χ0n) is 21.7. The van der Waals surface area contributed by atoms with Crippen molar-refractivity contribution in [3.05, 3.63) is 110 Å². The Hall–Kier alpha value is -3.71. The molecule has 0 radical (unpaired) electrons. The number of aryl methyl sites for hydroxylation is 2. The Kier molecular flexibility index (Phi) is 7.71. The Labute approximate surface area is 225 Å². The Balaban J connectivity index is 1.64. The van der Waals surface area contributed by atoms with Gasteiger partial charge in [0.25, 0.3) is 0 Å². The van der Waals surface area contributed by atoms with Crippen LogP contribution in [0.4, 0.5) is 17.6 Å². The van der Waals surface area contributed by atoms with Gasteiger partial charge in [-0.25, -0.2) is 18.0 Å². The summed E-state index contributed by atoms with van der Waals surface area (Å²) in [6, 6.07) is 12.3. The lowest BCUT2D eigenvalue weighted by Crippen LogP contribution is -2.40. The number of hydrogen-bond donors (Lipinski definition) is 1. The Morgan fingerprint density at radius 1 is 0.949 bits per heavy atom. The van der Waals surface area contributed by atoms with Crippen molar-refractivity contribution in [2.75, 3.05) is 26.3 Å². The highest BCUT2D eigenvalue weighted by molar-refractivity contribution is 6.01. The van der Waals surface area contributed by atoms with Crippen LogP contribution in [0.1, 0.15) is 63.0 Å². The van der Waals surface area contributed by atoms with Crippen LogP contribution in [0.25, 0.3) is 17.2 Å². The summed E-state index contributed by atoms with van der Waals surface area (Å²) in [4.78, 5) is 13.7. The SMILES string of the molecule is Cc1cc(F)ccc1C1=C(c2ccc(C=C3CN(CCCF)C3)c(F)c2F)c2ccc(C(=O)O)cc2CCC1. The first kappa shape index (κ1) is 26.9. The minimum Gasteiger partial charge on any atom is -0.478 e. The number of likely N-dealkylation sites (tertiary alicyclic amines) is 1. The molecule has 2 aliphatic rings. The van der Waals surface area contributed by atoms with Crippen LogP contribution in [0, 0.1) is 24.4 Å². The minimum atomic E-state index is -1.06. The summed E-state index contributed by atoms with van der Waals surface area (Å²) in [7, 11) is 0. The number of carboxylic acid groups (broad SMARTS) is 1. The van der Waals surface area contributed by atoms with Crippen molar-refractivity contribution in [2.45, 2.75) is 32.6 Å². The molecule has 1 N–H and O–H groups in total. The molecule has 0 bridgehead atoms. The van der Waals surface area contributed by atoms with Gasteiger partial charge in [0, 0.05) is 30.8 Å². The summed E-state index contributed by atoms with van der Waals surface area (Å²) in [5.74, 6) is -3.39. The maximum Gasteiger partial charge on any atom is 0.335 e. The molecule has 0 amide bonds. The Morgan fingerprint density at radius 3 is 2.41 bits per heavy atom. The average Bonchev–Trinajstić information content (AvgIpc) is 3.07. The zero-order chi connectivity index (χ0) is 27.7. The third kappa shape index (κ3) is 5.41. The van der Waals surface area contributed by atoms with Crippen LogP contribution < -0.4 is 0 Å². The number of rotatable bonds is 7. The van der Waals surface area contributed by atoms with Crippen molar-refractivity contribution in [2.24, 2.45) is 0 Å². The van der Waals surface area contributed by atoms with Crippen molar-refractivity contribution in [1.82, 2.24) is 4.90 Å². The number of hydrogen-bond acceptors (Lipinski definition) is 2. The highest BCUT2D eigenvalue weighted by Crippen LogP contribution is 2.42. The van der Waals surface area contributed by atoms with Gasteiger partial charge in [-0.2, -0.15) is 0 Å². The molecule has 39 heavy (non-hydrogen) atoms. The summed E-state index contributed by atoms with van der Waals surface area (Å²) < 4.78 is 57.8. The molecular formula is C32H29F4NO2. The molecule has 0 saturated carbocycles. The van der Waals surface area contributed by atoms with Crippen LogP contribution in [0.15, 0.2) is 54.1 Å². The summed E-state index contributed by atoms with van der Waals surface area (Å²) >= 11 is 0. The molecule has 0 unspecified atom stereocenters. The van der Waals surface area contributed by atoms with Gasteiger partial charge in [0.15, 0.2) is 11.6 Å². The molecule has 0 spiro atoms. The zero-order valence-corrected chi connectivity index (χ0v) is 21.7. The summed E-state index contributed by atoms with van der Waals surface area (Å²) in [6.07, 6.45) is 3.86. The molecule has 1 fully saturated rings. The molecule has 0 atom stereocenters. The van der Waals surface area contributed by atoms with E-state index in [9.17, 15) is 18.7 Å². The normalized spacial score (nSPS) is 15.6. The number of halogens is 4. The molecule has 1 aliphatic heterocycles. The summed E-state index contributed by atoms with van der Waals surface area (Å²) in [5, 5.41) is 9.52.